The number of hydrogen-bond acceptors (Lipinski definition) is 4. The van der Waals surface area contributed by atoms with E-state index < -0.39 is 17.5 Å². The molecule has 4 rings (SSSR count). The molecular formula is C27H37ClF3N3O3. The Morgan fingerprint density at radius 3 is 2.05 bits per heavy atom. The molecule has 2 aliphatic heterocycles. The predicted molar refractivity (Wildman–Crippen MR) is 137 cm³/mol. The van der Waals surface area contributed by atoms with Crippen molar-refractivity contribution in [2.75, 3.05) is 45.2 Å². The number of hydrogen-bond donors (Lipinski definition) is 0. The van der Waals surface area contributed by atoms with E-state index in [1.54, 1.807) is 20.2 Å². The van der Waals surface area contributed by atoms with Gasteiger partial charge in [-0.15, -0.1) is 0 Å². The smallest absolute Gasteiger partial charge is 0.375 e. The van der Waals surface area contributed by atoms with E-state index >= 15 is 0 Å². The van der Waals surface area contributed by atoms with Crippen LogP contribution in [0.5, 0.6) is 0 Å². The number of ether oxygens (including phenoxy) is 1. The Balaban J connectivity index is 1.26. The number of anilines is 1. The summed E-state index contributed by atoms with van der Waals surface area (Å²) in [5, 5.41) is 0.427. The third-order valence-electron chi connectivity index (χ3n) is 8.17. The fraction of sp³-hybridized carbons (Fsp3) is 0.704. The van der Waals surface area contributed by atoms with Gasteiger partial charge in [0.1, 0.15) is 5.41 Å². The highest BCUT2D eigenvalue weighted by molar-refractivity contribution is 6.34. The number of halogens is 4. The lowest BCUT2D eigenvalue weighted by Gasteiger charge is -2.43. The van der Waals surface area contributed by atoms with Crippen LogP contribution in [-0.4, -0.2) is 80.3 Å². The van der Waals surface area contributed by atoms with E-state index in [1.807, 2.05) is 12.1 Å². The summed E-state index contributed by atoms with van der Waals surface area (Å²) in [6, 6.07) is 5.50. The Bertz CT molecular complexity index is 965. The van der Waals surface area contributed by atoms with Crippen molar-refractivity contribution in [1.29, 1.82) is 0 Å². The zero-order chi connectivity index (χ0) is 26.8. The third-order valence-corrected chi connectivity index (χ3v) is 8.48. The van der Waals surface area contributed by atoms with E-state index in [0.29, 0.717) is 49.4 Å². The first-order chi connectivity index (χ1) is 17.5. The molecule has 1 aromatic rings. The van der Waals surface area contributed by atoms with Gasteiger partial charge in [-0.3, -0.25) is 9.59 Å². The highest BCUT2D eigenvalue weighted by atomic mass is 35.5. The van der Waals surface area contributed by atoms with Gasteiger partial charge in [0.15, 0.2) is 0 Å². The van der Waals surface area contributed by atoms with E-state index in [2.05, 4.69) is 4.90 Å². The van der Waals surface area contributed by atoms with E-state index in [9.17, 15) is 22.8 Å². The van der Waals surface area contributed by atoms with Crippen molar-refractivity contribution < 1.29 is 27.5 Å². The molecule has 0 spiro atoms. The molecule has 1 aromatic carbocycles. The van der Waals surface area contributed by atoms with Gasteiger partial charge < -0.3 is 19.4 Å². The lowest BCUT2D eigenvalue weighted by atomic mass is 9.72. The zero-order valence-electron chi connectivity index (χ0n) is 21.7. The molecule has 3 aliphatic rings. The molecule has 0 radical (unpaired) electrons. The average Bonchev–Trinajstić information content (AvgIpc) is 2.88. The first-order valence-electron chi connectivity index (χ1n) is 13.3. The van der Waals surface area contributed by atoms with Crippen molar-refractivity contribution in [3.05, 3.63) is 28.8 Å². The Morgan fingerprint density at radius 1 is 0.973 bits per heavy atom. The van der Waals surface area contributed by atoms with Crippen molar-refractivity contribution >= 4 is 29.1 Å². The van der Waals surface area contributed by atoms with Crippen LogP contribution in [0.2, 0.25) is 5.02 Å². The molecular weight excluding hydrogens is 507 g/mol. The Morgan fingerprint density at radius 2 is 1.54 bits per heavy atom. The van der Waals surface area contributed by atoms with Gasteiger partial charge in [-0.2, -0.15) is 13.2 Å². The molecule has 6 nitrogen and oxygen atoms in total. The maximum absolute atomic E-state index is 14.0. The second kappa shape index (κ2) is 11.4. The monoisotopic (exact) mass is 543 g/mol. The molecule has 2 saturated heterocycles. The summed E-state index contributed by atoms with van der Waals surface area (Å²) in [6.45, 7) is 2.20. The summed E-state index contributed by atoms with van der Waals surface area (Å²) in [6.07, 6.45) is -0.205. The number of likely N-dealkylation sites (tertiary alicyclic amines) is 1. The van der Waals surface area contributed by atoms with Crippen LogP contribution >= 0.6 is 11.6 Å². The number of carbonyl (C=O) groups excluding carboxylic acids is 2. The summed E-state index contributed by atoms with van der Waals surface area (Å²) in [5.74, 6) is -0.868. The predicted octanol–water partition coefficient (Wildman–Crippen LogP) is 5.53. The summed E-state index contributed by atoms with van der Waals surface area (Å²) < 4.78 is 48.2. The molecule has 0 bridgehead atoms. The van der Waals surface area contributed by atoms with Crippen LogP contribution < -0.4 is 4.90 Å². The Labute approximate surface area is 222 Å². The van der Waals surface area contributed by atoms with Crippen LogP contribution in [0.15, 0.2) is 18.2 Å². The first kappa shape index (κ1) is 28.0. The number of benzene rings is 1. The second-order valence-corrected chi connectivity index (χ2v) is 11.2. The third kappa shape index (κ3) is 6.03. The normalized spacial score (nSPS) is 21.7. The molecule has 0 N–H and O–H groups in total. The van der Waals surface area contributed by atoms with Crippen LogP contribution in [0.4, 0.5) is 18.9 Å². The minimum Gasteiger partial charge on any atom is -0.375 e. The quantitative estimate of drug-likeness (QED) is 0.490. The van der Waals surface area contributed by atoms with E-state index in [1.165, 1.54) is 9.80 Å². The van der Waals surface area contributed by atoms with Gasteiger partial charge in [0.2, 0.25) is 5.91 Å². The van der Waals surface area contributed by atoms with E-state index in [0.717, 1.165) is 38.0 Å². The molecule has 3 fully saturated rings. The molecule has 2 amide bonds. The highest BCUT2D eigenvalue weighted by Crippen LogP contribution is 2.50. The zero-order valence-corrected chi connectivity index (χ0v) is 22.4. The number of alkyl halides is 3. The first-order valence-corrected chi connectivity index (χ1v) is 13.7. The van der Waals surface area contributed by atoms with Crippen LogP contribution in [-0.2, 0) is 9.53 Å². The summed E-state index contributed by atoms with van der Waals surface area (Å²) >= 11 is 6.37. The lowest BCUT2D eigenvalue weighted by molar-refractivity contribution is -0.236. The van der Waals surface area contributed by atoms with Crippen LogP contribution in [0.3, 0.4) is 0 Å². The largest absolute Gasteiger partial charge is 0.403 e. The van der Waals surface area contributed by atoms with Gasteiger partial charge >= 0.3 is 6.18 Å². The van der Waals surface area contributed by atoms with Crippen molar-refractivity contribution in [2.45, 2.75) is 76.2 Å². The van der Waals surface area contributed by atoms with Crippen molar-refractivity contribution in [1.82, 2.24) is 9.80 Å². The second-order valence-electron chi connectivity index (χ2n) is 10.8. The maximum Gasteiger partial charge on any atom is 0.403 e. The van der Waals surface area contributed by atoms with Crippen molar-refractivity contribution in [2.24, 2.45) is 5.41 Å². The number of nitrogens with zero attached hydrogens (tertiary/aromatic N) is 3. The van der Waals surface area contributed by atoms with Crippen LogP contribution in [0, 0.1) is 5.41 Å². The van der Waals surface area contributed by atoms with Gasteiger partial charge in [-0.1, -0.05) is 30.9 Å². The minimum atomic E-state index is -4.50. The standard InChI is InChI=1S/C27H37ClF3N3O3/c1-32(2)24(35)22-7-6-19(18-23(22)28)33-14-8-20(9-15-33)37-21-10-16-34(17-11-21)25(36)26(27(29,30)31)12-4-3-5-13-26/h6-7,18,20-21H,3-5,8-17H2,1-2H3. The molecule has 2 heterocycles. The number of amides is 2. The van der Waals surface area contributed by atoms with Crippen LogP contribution in [0.1, 0.15) is 68.1 Å². The molecule has 0 atom stereocenters. The SMILES string of the molecule is CN(C)C(=O)c1ccc(N2CCC(OC3CCN(C(=O)C4(C(F)(F)F)CCCCC4)CC3)CC2)cc1Cl. The molecule has 1 saturated carbocycles. The minimum absolute atomic E-state index is 0.0421. The van der Waals surface area contributed by atoms with Crippen molar-refractivity contribution in [3.63, 3.8) is 0 Å². The maximum atomic E-state index is 14.0. The molecule has 0 aromatic heterocycles. The topological polar surface area (TPSA) is 53.1 Å². The number of rotatable bonds is 5. The molecule has 1 aliphatic carbocycles. The summed E-state index contributed by atoms with van der Waals surface area (Å²) in [7, 11) is 3.38. The van der Waals surface area contributed by atoms with E-state index in [4.69, 9.17) is 16.3 Å². The lowest BCUT2D eigenvalue weighted by Crippen LogP contribution is -2.55. The molecule has 0 unspecified atom stereocenters. The molecule has 206 valence electrons. The summed E-state index contributed by atoms with van der Waals surface area (Å²) in [5.41, 5.74) is -0.762. The average molecular weight is 544 g/mol. The fourth-order valence-corrected chi connectivity index (χ4v) is 6.16. The summed E-state index contributed by atoms with van der Waals surface area (Å²) in [4.78, 5) is 30.4. The van der Waals surface area contributed by atoms with E-state index in [-0.39, 0.29) is 31.0 Å². The molecule has 37 heavy (non-hydrogen) atoms. The van der Waals surface area contributed by atoms with Gasteiger partial charge in [-0.05, 0) is 56.7 Å². The van der Waals surface area contributed by atoms with Crippen LogP contribution in [0.25, 0.3) is 0 Å². The highest BCUT2D eigenvalue weighted by Gasteiger charge is 2.61. The van der Waals surface area contributed by atoms with Gasteiger partial charge in [0, 0.05) is 46.0 Å². The Kier molecular flexibility index (Phi) is 8.63. The van der Waals surface area contributed by atoms with Gasteiger partial charge in [0.25, 0.3) is 5.91 Å². The fourth-order valence-electron chi connectivity index (χ4n) is 5.91. The number of piperidine rings is 2. The molecule has 10 heteroatoms. The Hall–Kier alpha value is -2.00. The van der Waals surface area contributed by atoms with Gasteiger partial charge in [-0.25, -0.2) is 0 Å². The number of carbonyl (C=O) groups is 2. The van der Waals surface area contributed by atoms with Crippen molar-refractivity contribution in [3.8, 4) is 0 Å². The van der Waals surface area contributed by atoms with Gasteiger partial charge in [0.05, 0.1) is 22.8 Å².